The van der Waals surface area contributed by atoms with E-state index >= 15 is 0 Å². The van der Waals surface area contributed by atoms with E-state index in [0.29, 0.717) is 33.8 Å². The number of benzene rings is 1. The van der Waals surface area contributed by atoms with E-state index in [-0.39, 0.29) is 34.6 Å². The van der Waals surface area contributed by atoms with Gasteiger partial charge in [-0.15, -0.1) is 0 Å². The van der Waals surface area contributed by atoms with E-state index in [1.165, 1.54) is 26.0 Å². The number of amidine groups is 1. The van der Waals surface area contributed by atoms with E-state index in [1.54, 1.807) is 17.0 Å². The predicted octanol–water partition coefficient (Wildman–Crippen LogP) is 3.00. The quantitative estimate of drug-likeness (QED) is 0.687. The number of aliphatic imine (C=N–C) groups is 1. The predicted molar refractivity (Wildman–Crippen MR) is 113 cm³/mol. The number of fused-ring (bicyclic) bond motifs is 1. The number of carbonyl (C=O) groups is 1. The summed E-state index contributed by atoms with van der Waals surface area (Å²) in [7, 11) is -0.145. The number of hydrogen-bond donors (Lipinski definition) is 0. The molecule has 0 aromatic heterocycles. The smallest absolute Gasteiger partial charge is 0.248 e. The van der Waals surface area contributed by atoms with Crippen LogP contribution in [0.5, 0.6) is 11.5 Å². The van der Waals surface area contributed by atoms with Crippen molar-refractivity contribution < 1.29 is 22.7 Å². The van der Waals surface area contributed by atoms with Gasteiger partial charge in [0, 0.05) is 17.7 Å². The Morgan fingerprint density at radius 3 is 2.57 bits per heavy atom. The number of carbonyl (C=O) groups excluding carboxylic acids is 1. The molecule has 0 bridgehead atoms. The van der Waals surface area contributed by atoms with Gasteiger partial charge in [0.05, 0.1) is 42.5 Å². The third kappa shape index (κ3) is 4.26. The Morgan fingerprint density at radius 2 is 1.96 bits per heavy atom. The average Bonchev–Trinajstić information content (AvgIpc) is 3.04. The van der Waals surface area contributed by atoms with E-state index in [1.807, 2.05) is 13.8 Å². The van der Waals surface area contributed by atoms with Crippen LogP contribution in [-0.4, -0.2) is 56.5 Å². The van der Waals surface area contributed by atoms with Crippen molar-refractivity contribution in [2.24, 2.45) is 10.9 Å². The van der Waals surface area contributed by atoms with Crippen LogP contribution in [0.15, 0.2) is 17.1 Å². The van der Waals surface area contributed by atoms with Crippen molar-refractivity contribution in [3.63, 3.8) is 0 Å². The highest BCUT2D eigenvalue weighted by atomic mass is 35.5. The summed E-state index contributed by atoms with van der Waals surface area (Å²) in [5.41, 5.74) is 0.571. The molecule has 2 saturated heterocycles. The van der Waals surface area contributed by atoms with Gasteiger partial charge in [0.2, 0.25) is 5.91 Å². The van der Waals surface area contributed by atoms with E-state index in [0.717, 1.165) is 0 Å². The number of thioether (sulfide) groups is 1. The lowest BCUT2D eigenvalue weighted by molar-refractivity contribution is -0.118. The molecule has 0 spiro atoms. The van der Waals surface area contributed by atoms with Crippen LogP contribution in [0.4, 0.5) is 5.69 Å². The van der Waals surface area contributed by atoms with Crippen LogP contribution in [-0.2, 0) is 14.6 Å². The summed E-state index contributed by atoms with van der Waals surface area (Å²) in [5, 5.41) is 0.650. The van der Waals surface area contributed by atoms with E-state index in [2.05, 4.69) is 4.99 Å². The molecule has 2 aliphatic heterocycles. The summed E-state index contributed by atoms with van der Waals surface area (Å²) in [5.74, 6) is 0.914. The lowest BCUT2D eigenvalue weighted by atomic mass is 10.1. The van der Waals surface area contributed by atoms with Gasteiger partial charge in [0.1, 0.15) is 11.5 Å². The Balaban J connectivity index is 2.08. The molecule has 0 saturated carbocycles. The van der Waals surface area contributed by atoms with Crippen molar-refractivity contribution in [1.29, 1.82) is 0 Å². The zero-order valence-electron chi connectivity index (χ0n) is 16.1. The Kier molecular flexibility index (Phi) is 6.17. The SMILES string of the molecule is COc1cc(OC)c(N2C(=NC(=O)CC(C)C)S[C@H]3CS(=O)(=O)C[C@@H]32)cc1Cl. The van der Waals surface area contributed by atoms with Crippen molar-refractivity contribution in [2.45, 2.75) is 31.6 Å². The monoisotopic (exact) mass is 446 g/mol. The van der Waals surface area contributed by atoms with Crippen LogP contribution < -0.4 is 14.4 Å². The van der Waals surface area contributed by atoms with Gasteiger partial charge in [-0.2, -0.15) is 4.99 Å². The molecule has 1 aromatic rings. The molecule has 2 heterocycles. The molecule has 1 amide bonds. The minimum absolute atomic E-state index is 0.00510. The fraction of sp³-hybridized carbons (Fsp3) is 0.556. The van der Waals surface area contributed by atoms with Crippen LogP contribution in [0.25, 0.3) is 0 Å². The van der Waals surface area contributed by atoms with Gasteiger partial charge >= 0.3 is 0 Å². The molecule has 0 N–H and O–H groups in total. The van der Waals surface area contributed by atoms with Crippen LogP contribution in [0, 0.1) is 5.92 Å². The third-order valence-corrected chi connectivity index (χ3v) is 8.09. The number of sulfone groups is 1. The van der Waals surface area contributed by atoms with Gasteiger partial charge in [-0.05, 0) is 12.0 Å². The largest absolute Gasteiger partial charge is 0.495 e. The van der Waals surface area contributed by atoms with Crippen LogP contribution in [0.2, 0.25) is 5.02 Å². The van der Waals surface area contributed by atoms with Crippen LogP contribution in [0.1, 0.15) is 20.3 Å². The summed E-state index contributed by atoms with van der Waals surface area (Å²) < 4.78 is 35.1. The fourth-order valence-corrected chi connectivity index (χ4v) is 7.54. The maximum atomic E-state index is 12.3. The summed E-state index contributed by atoms with van der Waals surface area (Å²) in [6.07, 6.45) is 0.325. The Morgan fingerprint density at radius 1 is 1.29 bits per heavy atom. The standard InChI is InChI=1S/C18H23ClN2O5S2/c1-10(2)5-17(22)20-18-21(13-8-28(23,24)9-16(13)27-18)12-6-11(19)14(25-3)7-15(12)26-4/h6-7,10,13,16H,5,8-9H2,1-4H3/t13-,16-/m0/s1. The van der Waals surface area contributed by atoms with Gasteiger partial charge in [-0.1, -0.05) is 37.2 Å². The van der Waals surface area contributed by atoms with Crippen molar-refractivity contribution in [3.05, 3.63) is 17.2 Å². The third-order valence-electron chi connectivity index (χ3n) is 4.58. The number of methoxy groups -OCH3 is 2. The van der Waals surface area contributed by atoms with Crippen molar-refractivity contribution in [2.75, 3.05) is 30.6 Å². The molecule has 0 aliphatic carbocycles. The maximum Gasteiger partial charge on any atom is 0.248 e. The van der Waals surface area contributed by atoms with Gasteiger partial charge in [-0.25, -0.2) is 8.42 Å². The minimum atomic E-state index is -3.16. The van der Waals surface area contributed by atoms with Crippen molar-refractivity contribution >= 4 is 50.0 Å². The van der Waals surface area contributed by atoms with Gasteiger partial charge in [0.25, 0.3) is 0 Å². The number of rotatable bonds is 5. The first kappa shape index (κ1) is 21.3. The number of halogens is 1. The normalized spacial score (nSPS) is 24.6. The first-order chi connectivity index (χ1) is 13.1. The minimum Gasteiger partial charge on any atom is -0.495 e. The molecule has 7 nitrogen and oxygen atoms in total. The number of ether oxygens (including phenoxy) is 2. The maximum absolute atomic E-state index is 12.3. The summed E-state index contributed by atoms with van der Waals surface area (Å²) in [4.78, 5) is 18.4. The summed E-state index contributed by atoms with van der Waals surface area (Å²) in [6.45, 7) is 3.90. The highest BCUT2D eigenvalue weighted by molar-refractivity contribution is 8.16. The highest BCUT2D eigenvalue weighted by Crippen LogP contribution is 2.46. The average molecular weight is 447 g/mol. The molecule has 28 heavy (non-hydrogen) atoms. The van der Waals surface area contributed by atoms with Crippen molar-refractivity contribution in [1.82, 2.24) is 0 Å². The molecule has 0 radical (unpaired) electrons. The lowest BCUT2D eigenvalue weighted by Gasteiger charge is -2.27. The second-order valence-electron chi connectivity index (χ2n) is 7.22. The number of nitrogens with zero attached hydrogens (tertiary/aromatic N) is 2. The Labute approximate surface area is 174 Å². The highest BCUT2D eigenvalue weighted by Gasteiger charge is 2.50. The summed E-state index contributed by atoms with van der Waals surface area (Å²) in [6, 6.07) is 2.97. The Hall–Kier alpha value is -1.45. The van der Waals surface area contributed by atoms with Gasteiger partial charge in [0.15, 0.2) is 15.0 Å². The first-order valence-corrected chi connectivity index (χ1v) is 11.9. The second-order valence-corrected chi connectivity index (χ2v) is 11.0. The number of anilines is 1. The molecule has 0 unspecified atom stereocenters. The van der Waals surface area contributed by atoms with Crippen molar-refractivity contribution in [3.8, 4) is 11.5 Å². The van der Waals surface area contributed by atoms with Gasteiger partial charge in [-0.3, -0.25) is 4.79 Å². The zero-order valence-corrected chi connectivity index (χ0v) is 18.5. The van der Waals surface area contributed by atoms with E-state index < -0.39 is 9.84 Å². The van der Waals surface area contributed by atoms with E-state index in [4.69, 9.17) is 21.1 Å². The molecular weight excluding hydrogens is 424 g/mol. The number of amides is 1. The van der Waals surface area contributed by atoms with Crippen LogP contribution in [0.3, 0.4) is 0 Å². The summed E-state index contributed by atoms with van der Waals surface area (Å²) >= 11 is 7.64. The molecular formula is C18H23ClN2O5S2. The molecule has 2 atom stereocenters. The molecule has 2 fully saturated rings. The topological polar surface area (TPSA) is 85.3 Å². The number of hydrogen-bond acceptors (Lipinski definition) is 6. The molecule has 1 aromatic carbocycles. The lowest BCUT2D eigenvalue weighted by Crippen LogP contribution is -2.38. The molecule has 154 valence electrons. The Bertz CT molecular complexity index is 917. The first-order valence-electron chi connectivity index (χ1n) is 8.84. The van der Waals surface area contributed by atoms with Gasteiger partial charge < -0.3 is 14.4 Å². The fourth-order valence-electron chi connectivity index (χ4n) is 3.38. The van der Waals surface area contributed by atoms with Crippen LogP contribution >= 0.6 is 23.4 Å². The van der Waals surface area contributed by atoms with E-state index in [9.17, 15) is 13.2 Å². The second kappa shape index (κ2) is 8.12. The molecule has 10 heteroatoms. The molecule has 3 rings (SSSR count). The zero-order chi connectivity index (χ0) is 20.6. The molecule has 2 aliphatic rings.